The van der Waals surface area contributed by atoms with Crippen molar-refractivity contribution in [2.75, 3.05) is 0 Å². The molecule has 0 saturated heterocycles. The Morgan fingerprint density at radius 3 is 2.73 bits per heavy atom. The van der Waals surface area contributed by atoms with E-state index in [0.717, 1.165) is 23.7 Å². The van der Waals surface area contributed by atoms with Crippen molar-refractivity contribution in [1.82, 2.24) is 10.2 Å². The molecule has 0 radical (unpaired) electrons. The van der Waals surface area contributed by atoms with Gasteiger partial charge in [0.15, 0.2) is 0 Å². The van der Waals surface area contributed by atoms with Crippen molar-refractivity contribution in [2.45, 2.75) is 26.2 Å². The van der Waals surface area contributed by atoms with Gasteiger partial charge in [-0.25, -0.2) is 0 Å². The fraction of sp³-hybridized carbons (Fsp3) is 0.556. The SMILES string of the molecule is Cc1ccc(CC2CC2)nn1. The van der Waals surface area contributed by atoms with Crippen LogP contribution in [0.2, 0.25) is 0 Å². The Labute approximate surface area is 66.7 Å². The van der Waals surface area contributed by atoms with Crippen LogP contribution in [-0.2, 0) is 6.42 Å². The zero-order valence-electron chi connectivity index (χ0n) is 6.75. The van der Waals surface area contributed by atoms with E-state index in [1.165, 1.54) is 12.8 Å². The minimum Gasteiger partial charge on any atom is -0.156 e. The number of aryl methyl sites for hydroxylation is 1. The predicted molar refractivity (Wildman–Crippen MR) is 43.2 cm³/mol. The Morgan fingerprint density at radius 1 is 1.36 bits per heavy atom. The Morgan fingerprint density at radius 2 is 2.18 bits per heavy atom. The van der Waals surface area contributed by atoms with E-state index in [4.69, 9.17) is 0 Å². The van der Waals surface area contributed by atoms with Crippen molar-refractivity contribution >= 4 is 0 Å². The van der Waals surface area contributed by atoms with Gasteiger partial charge in [-0.2, -0.15) is 10.2 Å². The summed E-state index contributed by atoms with van der Waals surface area (Å²) in [6.07, 6.45) is 3.90. The average molecular weight is 148 g/mol. The second-order valence-corrected chi connectivity index (χ2v) is 3.31. The molecular weight excluding hydrogens is 136 g/mol. The molecule has 1 aromatic rings. The maximum absolute atomic E-state index is 4.11. The van der Waals surface area contributed by atoms with Gasteiger partial charge >= 0.3 is 0 Å². The summed E-state index contributed by atoms with van der Waals surface area (Å²) in [5.41, 5.74) is 2.16. The molecule has 1 aliphatic carbocycles. The highest BCUT2D eigenvalue weighted by Crippen LogP contribution is 2.31. The van der Waals surface area contributed by atoms with Gasteiger partial charge in [0, 0.05) is 0 Å². The molecule has 1 heterocycles. The molecule has 2 heteroatoms. The number of rotatable bonds is 2. The van der Waals surface area contributed by atoms with E-state index in [-0.39, 0.29) is 0 Å². The Hall–Kier alpha value is -0.920. The summed E-state index contributed by atoms with van der Waals surface area (Å²) in [5, 5.41) is 8.12. The van der Waals surface area contributed by atoms with E-state index < -0.39 is 0 Å². The van der Waals surface area contributed by atoms with E-state index in [2.05, 4.69) is 16.3 Å². The monoisotopic (exact) mass is 148 g/mol. The number of hydrogen-bond donors (Lipinski definition) is 0. The van der Waals surface area contributed by atoms with Gasteiger partial charge in [-0.3, -0.25) is 0 Å². The van der Waals surface area contributed by atoms with Gasteiger partial charge in [-0.15, -0.1) is 0 Å². The van der Waals surface area contributed by atoms with Crippen LogP contribution in [0.5, 0.6) is 0 Å². The number of nitrogens with zero attached hydrogens (tertiary/aromatic N) is 2. The van der Waals surface area contributed by atoms with Gasteiger partial charge in [-0.05, 0) is 44.2 Å². The standard InChI is InChI=1S/C9H12N2/c1-7-2-5-9(11-10-7)6-8-3-4-8/h2,5,8H,3-4,6H2,1H3. The normalized spacial score (nSPS) is 16.8. The Bertz CT molecular complexity index is 236. The van der Waals surface area contributed by atoms with Gasteiger partial charge in [0.25, 0.3) is 0 Å². The van der Waals surface area contributed by atoms with E-state index >= 15 is 0 Å². The fourth-order valence-corrected chi connectivity index (χ4v) is 1.15. The van der Waals surface area contributed by atoms with Crippen molar-refractivity contribution in [3.8, 4) is 0 Å². The largest absolute Gasteiger partial charge is 0.156 e. The molecule has 2 rings (SSSR count). The lowest BCUT2D eigenvalue weighted by molar-refractivity contribution is 0.772. The van der Waals surface area contributed by atoms with Crippen LogP contribution in [-0.4, -0.2) is 10.2 Å². The molecule has 0 spiro atoms. The van der Waals surface area contributed by atoms with Crippen LogP contribution in [0.4, 0.5) is 0 Å². The quantitative estimate of drug-likeness (QED) is 0.638. The van der Waals surface area contributed by atoms with E-state index in [0.29, 0.717) is 0 Å². The van der Waals surface area contributed by atoms with E-state index in [9.17, 15) is 0 Å². The van der Waals surface area contributed by atoms with Gasteiger partial charge < -0.3 is 0 Å². The summed E-state index contributed by atoms with van der Waals surface area (Å²) in [4.78, 5) is 0. The topological polar surface area (TPSA) is 25.8 Å². The third-order valence-electron chi connectivity index (χ3n) is 2.05. The first-order valence-corrected chi connectivity index (χ1v) is 4.14. The summed E-state index contributed by atoms with van der Waals surface area (Å²) >= 11 is 0. The van der Waals surface area contributed by atoms with Crippen molar-refractivity contribution in [2.24, 2.45) is 5.92 Å². The van der Waals surface area contributed by atoms with Crippen molar-refractivity contribution < 1.29 is 0 Å². The first kappa shape index (κ1) is 6.77. The minimum atomic E-state index is 0.909. The third kappa shape index (κ3) is 1.76. The molecule has 0 atom stereocenters. The maximum atomic E-state index is 4.11. The highest BCUT2D eigenvalue weighted by Gasteiger charge is 2.21. The van der Waals surface area contributed by atoms with Crippen LogP contribution in [0.25, 0.3) is 0 Å². The third-order valence-corrected chi connectivity index (χ3v) is 2.05. The molecule has 0 bridgehead atoms. The lowest BCUT2D eigenvalue weighted by atomic mass is 10.2. The summed E-state index contributed by atoms with van der Waals surface area (Å²) in [7, 11) is 0. The van der Waals surface area contributed by atoms with Gasteiger partial charge in [-0.1, -0.05) is 0 Å². The molecule has 0 N–H and O–H groups in total. The van der Waals surface area contributed by atoms with Gasteiger partial charge in [0.05, 0.1) is 11.4 Å². The average Bonchev–Trinajstić information content (AvgIpc) is 2.78. The molecule has 0 aliphatic heterocycles. The lowest BCUT2D eigenvalue weighted by Crippen LogP contribution is -1.94. The molecule has 2 nitrogen and oxygen atoms in total. The zero-order valence-corrected chi connectivity index (χ0v) is 6.75. The highest BCUT2D eigenvalue weighted by atomic mass is 15.1. The number of aromatic nitrogens is 2. The molecule has 0 unspecified atom stereocenters. The summed E-state index contributed by atoms with van der Waals surface area (Å²) in [5.74, 6) is 0.909. The van der Waals surface area contributed by atoms with E-state index in [1.807, 2.05) is 13.0 Å². The second kappa shape index (κ2) is 2.61. The van der Waals surface area contributed by atoms with Crippen LogP contribution >= 0.6 is 0 Å². The van der Waals surface area contributed by atoms with E-state index in [1.54, 1.807) is 0 Å². The van der Waals surface area contributed by atoms with Crippen molar-refractivity contribution in [3.63, 3.8) is 0 Å². The molecule has 1 aromatic heterocycles. The Balaban J connectivity index is 2.06. The maximum Gasteiger partial charge on any atom is 0.0634 e. The highest BCUT2D eigenvalue weighted by molar-refractivity contribution is 5.07. The molecule has 1 aliphatic rings. The van der Waals surface area contributed by atoms with Crippen LogP contribution in [0, 0.1) is 12.8 Å². The molecular formula is C9H12N2. The zero-order chi connectivity index (χ0) is 7.68. The molecule has 58 valence electrons. The summed E-state index contributed by atoms with van der Waals surface area (Å²) in [6, 6.07) is 4.12. The smallest absolute Gasteiger partial charge is 0.0634 e. The van der Waals surface area contributed by atoms with Crippen molar-refractivity contribution in [1.29, 1.82) is 0 Å². The first-order valence-electron chi connectivity index (χ1n) is 4.14. The van der Waals surface area contributed by atoms with Crippen molar-refractivity contribution in [3.05, 3.63) is 23.5 Å². The lowest BCUT2D eigenvalue weighted by Gasteiger charge is -1.96. The molecule has 11 heavy (non-hydrogen) atoms. The van der Waals surface area contributed by atoms with Crippen LogP contribution in [0.3, 0.4) is 0 Å². The predicted octanol–water partition coefficient (Wildman–Crippen LogP) is 1.74. The van der Waals surface area contributed by atoms with Gasteiger partial charge in [0.2, 0.25) is 0 Å². The van der Waals surface area contributed by atoms with Crippen LogP contribution in [0.15, 0.2) is 12.1 Å². The summed E-state index contributed by atoms with van der Waals surface area (Å²) in [6.45, 7) is 1.97. The molecule has 1 fully saturated rings. The number of hydrogen-bond acceptors (Lipinski definition) is 2. The fourth-order valence-electron chi connectivity index (χ4n) is 1.15. The van der Waals surface area contributed by atoms with Gasteiger partial charge in [0.1, 0.15) is 0 Å². The molecule has 1 saturated carbocycles. The van der Waals surface area contributed by atoms with Crippen LogP contribution < -0.4 is 0 Å². The first-order chi connectivity index (χ1) is 5.34. The molecule has 0 aromatic carbocycles. The second-order valence-electron chi connectivity index (χ2n) is 3.31. The molecule has 0 amide bonds. The van der Waals surface area contributed by atoms with Crippen LogP contribution in [0.1, 0.15) is 24.2 Å². The Kier molecular flexibility index (Phi) is 1.60. The summed E-state index contributed by atoms with van der Waals surface area (Å²) < 4.78 is 0. The minimum absolute atomic E-state index is 0.909.